The Kier molecular flexibility index (Phi) is 4.06. The Bertz CT molecular complexity index is 828. The molecule has 0 bridgehead atoms. The summed E-state index contributed by atoms with van der Waals surface area (Å²) in [5, 5.41) is 9.42. The van der Waals surface area contributed by atoms with E-state index in [9.17, 15) is 18.3 Å². The van der Waals surface area contributed by atoms with Crippen LogP contribution in [0.4, 0.5) is 0 Å². The van der Waals surface area contributed by atoms with Crippen molar-refractivity contribution in [2.75, 3.05) is 6.26 Å². The highest BCUT2D eigenvalue weighted by atomic mass is 35.5. The molecule has 112 valence electrons. The number of sulfone groups is 1. The molecule has 0 aliphatic carbocycles. The summed E-state index contributed by atoms with van der Waals surface area (Å²) in [5.74, 6) is -0.621. The molecule has 2 N–H and O–H groups in total. The van der Waals surface area contributed by atoms with Crippen molar-refractivity contribution in [3.63, 3.8) is 0 Å². The van der Waals surface area contributed by atoms with Crippen LogP contribution in [0.2, 0.25) is 5.02 Å². The average molecular weight is 329 g/mol. The van der Waals surface area contributed by atoms with Gasteiger partial charge in [-0.1, -0.05) is 23.7 Å². The SMILES string of the molecule is CC(c1nc(O)c(-c2ccc(Cl)cc2)c(=O)[nH]1)S(C)(=O)=O. The van der Waals surface area contributed by atoms with Crippen LogP contribution in [0.5, 0.6) is 5.88 Å². The minimum Gasteiger partial charge on any atom is -0.493 e. The predicted molar refractivity (Wildman–Crippen MR) is 80.2 cm³/mol. The van der Waals surface area contributed by atoms with E-state index >= 15 is 0 Å². The van der Waals surface area contributed by atoms with Crippen LogP contribution in [0.25, 0.3) is 11.1 Å². The molecule has 1 atom stereocenters. The Morgan fingerprint density at radius 2 is 1.86 bits per heavy atom. The Balaban J connectivity index is 2.58. The van der Waals surface area contributed by atoms with Crippen LogP contribution >= 0.6 is 11.6 Å². The molecule has 1 heterocycles. The van der Waals surface area contributed by atoms with Crippen LogP contribution in [0.3, 0.4) is 0 Å². The van der Waals surface area contributed by atoms with Crippen LogP contribution in [0.1, 0.15) is 18.0 Å². The van der Waals surface area contributed by atoms with Crippen LogP contribution in [-0.4, -0.2) is 29.7 Å². The highest BCUT2D eigenvalue weighted by molar-refractivity contribution is 7.90. The molecule has 2 aromatic rings. The number of halogens is 1. The maximum Gasteiger partial charge on any atom is 0.262 e. The zero-order valence-corrected chi connectivity index (χ0v) is 12.9. The molecule has 8 heteroatoms. The fourth-order valence-electron chi connectivity index (χ4n) is 1.75. The van der Waals surface area contributed by atoms with Crippen molar-refractivity contribution >= 4 is 21.4 Å². The second kappa shape index (κ2) is 5.50. The van der Waals surface area contributed by atoms with Gasteiger partial charge in [0, 0.05) is 11.3 Å². The van der Waals surface area contributed by atoms with E-state index in [0.717, 1.165) is 6.26 Å². The largest absolute Gasteiger partial charge is 0.493 e. The summed E-state index contributed by atoms with van der Waals surface area (Å²) in [4.78, 5) is 18.3. The summed E-state index contributed by atoms with van der Waals surface area (Å²) in [6, 6.07) is 6.27. The van der Waals surface area contributed by atoms with Crippen molar-refractivity contribution in [1.82, 2.24) is 9.97 Å². The van der Waals surface area contributed by atoms with Gasteiger partial charge in [0.1, 0.15) is 16.6 Å². The quantitative estimate of drug-likeness (QED) is 0.896. The van der Waals surface area contributed by atoms with E-state index in [1.54, 1.807) is 24.3 Å². The maximum absolute atomic E-state index is 12.1. The summed E-state index contributed by atoms with van der Waals surface area (Å²) in [6.45, 7) is 1.38. The number of aromatic amines is 1. The first-order valence-electron chi connectivity index (χ1n) is 5.98. The van der Waals surface area contributed by atoms with E-state index in [2.05, 4.69) is 9.97 Å². The third-order valence-electron chi connectivity index (χ3n) is 3.08. The Morgan fingerprint density at radius 3 is 2.33 bits per heavy atom. The highest BCUT2D eigenvalue weighted by Gasteiger charge is 2.22. The van der Waals surface area contributed by atoms with Crippen molar-refractivity contribution in [3.05, 3.63) is 45.5 Å². The van der Waals surface area contributed by atoms with Crippen molar-refractivity contribution in [3.8, 4) is 17.0 Å². The first-order valence-corrected chi connectivity index (χ1v) is 8.31. The number of nitrogens with one attached hydrogen (secondary N) is 1. The van der Waals surface area contributed by atoms with Crippen LogP contribution < -0.4 is 5.56 Å². The molecule has 0 aliphatic rings. The third-order valence-corrected chi connectivity index (χ3v) is 4.84. The van der Waals surface area contributed by atoms with Crippen LogP contribution in [0, 0.1) is 0 Å². The fourth-order valence-corrected chi connectivity index (χ4v) is 2.39. The van der Waals surface area contributed by atoms with E-state index in [1.165, 1.54) is 6.92 Å². The van der Waals surface area contributed by atoms with Crippen molar-refractivity contribution < 1.29 is 13.5 Å². The van der Waals surface area contributed by atoms with Gasteiger partial charge in [-0.15, -0.1) is 0 Å². The zero-order chi connectivity index (χ0) is 15.8. The number of H-pyrrole nitrogens is 1. The minimum atomic E-state index is -3.43. The average Bonchev–Trinajstić information content (AvgIpc) is 2.38. The highest BCUT2D eigenvalue weighted by Crippen LogP contribution is 2.26. The molecule has 0 amide bonds. The molecule has 1 aromatic carbocycles. The molecule has 0 radical (unpaired) electrons. The predicted octanol–water partition coefficient (Wildman–Crippen LogP) is 1.90. The standard InChI is InChI=1S/C13H13ClN2O4S/c1-7(21(2,19)20)11-15-12(17)10(13(18)16-11)8-3-5-9(14)6-4-8/h3-7H,1-2H3,(H2,15,16,17,18). The number of aromatic hydroxyl groups is 1. The number of nitrogens with zero attached hydrogens (tertiary/aromatic N) is 1. The zero-order valence-electron chi connectivity index (χ0n) is 11.3. The third kappa shape index (κ3) is 3.25. The van der Waals surface area contributed by atoms with Crippen LogP contribution in [0.15, 0.2) is 29.1 Å². The van der Waals surface area contributed by atoms with Gasteiger partial charge in [0.25, 0.3) is 5.56 Å². The van der Waals surface area contributed by atoms with Gasteiger partial charge in [0.05, 0.1) is 0 Å². The lowest BCUT2D eigenvalue weighted by atomic mass is 10.1. The molecule has 0 fully saturated rings. The van der Waals surface area contributed by atoms with Crippen molar-refractivity contribution in [1.29, 1.82) is 0 Å². The number of hydrogen-bond acceptors (Lipinski definition) is 5. The van der Waals surface area contributed by atoms with Crippen molar-refractivity contribution in [2.24, 2.45) is 0 Å². The molecule has 0 spiro atoms. The summed E-state index contributed by atoms with van der Waals surface area (Å²) < 4.78 is 23.0. The number of hydrogen-bond donors (Lipinski definition) is 2. The van der Waals surface area contributed by atoms with Gasteiger partial charge in [-0.25, -0.2) is 8.42 Å². The Morgan fingerprint density at radius 1 is 1.29 bits per heavy atom. The van der Waals surface area contributed by atoms with E-state index in [-0.39, 0.29) is 11.4 Å². The van der Waals surface area contributed by atoms with Gasteiger partial charge in [-0.3, -0.25) is 4.79 Å². The van der Waals surface area contributed by atoms with E-state index in [4.69, 9.17) is 11.6 Å². The van der Waals surface area contributed by atoms with Gasteiger partial charge in [0.2, 0.25) is 5.88 Å². The topological polar surface area (TPSA) is 100 Å². The summed E-state index contributed by atoms with van der Waals surface area (Å²) in [6.07, 6.45) is 1.03. The molecule has 6 nitrogen and oxygen atoms in total. The number of benzene rings is 1. The van der Waals surface area contributed by atoms with Crippen molar-refractivity contribution in [2.45, 2.75) is 12.2 Å². The smallest absolute Gasteiger partial charge is 0.262 e. The summed E-state index contributed by atoms with van der Waals surface area (Å²) in [5.41, 5.74) is -0.212. The number of aromatic nitrogens is 2. The second-order valence-electron chi connectivity index (χ2n) is 4.63. The molecule has 1 aromatic heterocycles. The first-order chi connectivity index (χ1) is 9.70. The molecular weight excluding hydrogens is 316 g/mol. The lowest BCUT2D eigenvalue weighted by Gasteiger charge is -2.10. The summed E-state index contributed by atoms with van der Waals surface area (Å²) >= 11 is 5.76. The minimum absolute atomic E-state index is 0.0314. The van der Waals surface area contributed by atoms with Crippen LogP contribution in [-0.2, 0) is 9.84 Å². The molecule has 2 rings (SSSR count). The molecule has 0 aliphatic heterocycles. The monoisotopic (exact) mass is 328 g/mol. The van der Waals surface area contributed by atoms with Gasteiger partial charge in [-0.05, 0) is 24.6 Å². The first kappa shape index (κ1) is 15.5. The lowest BCUT2D eigenvalue weighted by molar-refractivity contribution is 0.449. The molecule has 1 unspecified atom stereocenters. The lowest BCUT2D eigenvalue weighted by Crippen LogP contribution is -2.19. The number of rotatable bonds is 3. The summed E-state index contributed by atoms with van der Waals surface area (Å²) in [7, 11) is -3.43. The van der Waals surface area contributed by atoms with Gasteiger partial charge >= 0.3 is 0 Å². The van der Waals surface area contributed by atoms with E-state index < -0.39 is 26.5 Å². The Labute approximate surface area is 126 Å². The van der Waals surface area contributed by atoms with E-state index in [1.807, 2.05) is 0 Å². The molecule has 0 saturated carbocycles. The van der Waals surface area contributed by atoms with Gasteiger partial charge in [0.15, 0.2) is 9.84 Å². The van der Waals surface area contributed by atoms with Gasteiger partial charge < -0.3 is 10.1 Å². The molecular formula is C13H13ClN2O4S. The fraction of sp³-hybridized carbons (Fsp3) is 0.231. The maximum atomic E-state index is 12.1. The Hall–Kier alpha value is -1.86. The molecule has 0 saturated heterocycles. The molecule has 21 heavy (non-hydrogen) atoms. The second-order valence-corrected chi connectivity index (χ2v) is 7.43. The van der Waals surface area contributed by atoms with Gasteiger partial charge in [-0.2, -0.15) is 4.98 Å². The normalized spacial score (nSPS) is 13.1. The van der Waals surface area contributed by atoms with E-state index in [0.29, 0.717) is 10.6 Å².